The van der Waals surface area contributed by atoms with Gasteiger partial charge in [-0.25, -0.2) is 0 Å². The predicted molar refractivity (Wildman–Crippen MR) is 84.7 cm³/mol. The Morgan fingerprint density at radius 2 is 1.83 bits per heavy atom. The van der Waals surface area contributed by atoms with Gasteiger partial charge in [-0.2, -0.15) is 0 Å². The van der Waals surface area contributed by atoms with Crippen molar-refractivity contribution in [3.05, 3.63) is 65.5 Å². The van der Waals surface area contributed by atoms with Gasteiger partial charge in [0.15, 0.2) is 0 Å². The molecule has 0 saturated carbocycles. The number of carbonyl (C=O) groups excluding carboxylic acids is 3. The molecule has 1 aromatic heterocycles. The molecule has 2 amide bonds. The maximum absolute atomic E-state index is 12.4. The molecule has 2 aromatic rings. The number of hydrogen-bond acceptors (Lipinski definition) is 4. The number of ketones is 1. The first kappa shape index (κ1) is 16.4. The number of aromatic nitrogens is 1. The largest absolute Gasteiger partial charge is 0.366 e. The van der Waals surface area contributed by atoms with Crippen LogP contribution in [0.1, 0.15) is 27.5 Å². The second-order valence-corrected chi connectivity index (χ2v) is 4.99. The van der Waals surface area contributed by atoms with Gasteiger partial charge < -0.3 is 11.1 Å². The standard InChI is InChI=1S/C17H17N3O3/c1-19-17(23)15(21)13(10-11-6-3-2-4-7-11)14-12(16(18)22)8-5-9-20-14/h2-9,13H,10H2,1H3,(H2,18,22)(H,19,23). The van der Waals surface area contributed by atoms with Gasteiger partial charge in [-0.3, -0.25) is 19.4 Å². The van der Waals surface area contributed by atoms with Gasteiger partial charge in [-0.05, 0) is 24.1 Å². The average Bonchev–Trinajstić information content (AvgIpc) is 2.59. The lowest BCUT2D eigenvalue weighted by molar-refractivity contribution is -0.138. The fourth-order valence-corrected chi connectivity index (χ4v) is 2.35. The Labute approximate surface area is 133 Å². The fourth-order valence-electron chi connectivity index (χ4n) is 2.35. The van der Waals surface area contributed by atoms with Crippen LogP contribution in [0, 0.1) is 0 Å². The Morgan fingerprint density at radius 1 is 1.13 bits per heavy atom. The number of nitrogens with zero attached hydrogens (tertiary/aromatic N) is 1. The average molecular weight is 311 g/mol. The summed E-state index contributed by atoms with van der Waals surface area (Å²) in [5.74, 6) is -2.94. The van der Waals surface area contributed by atoms with E-state index in [2.05, 4.69) is 10.3 Å². The maximum Gasteiger partial charge on any atom is 0.287 e. The summed E-state index contributed by atoms with van der Waals surface area (Å²) in [6, 6.07) is 12.3. The van der Waals surface area contributed by atoms with Crippen molar-refractivity contribution in [1.82, 2.24) is 10.3 Å². The smallest absolute Gasteiger partial charge is 0.287 e. The number of likely N-dealkylation sites (N-methyl/N-ethyl adjacent to an activating group) is 1. The maximum atomic E-state index is 12.4. The topological polar surface area (TPSA) is 102 Å². The molecule has 118 valence electrons. The molecule has 0 fully saturated rings. The molecule has 0 aliphatic rings. The predicted octanol–water partition coefficient (Wildman–Crippen LogP) is 0.822. The lowest BCUT2D eigenvalue weighted by atomic mass is 9.88. The molecule has 0 bridgehead atoms. The second kappa shape index (κ2) is 7.31. The number of rotatable bonds is 6. The van der Waals surface area contributed by atoms with Crippen LogP contribution in [-0.2, 0) is 16.0 Å². The van der Waals surface area contributed by atoms with Gasteiger partial charge in [0.25, 0.3) is 11.8 Å². The Kier molecular flexibility index (Phi) is 5.19. The molecule has 0 saturated heterocycles. The van der Waals surface area contributed by atoms with Crippen molar-refractivity contribution in [1.29, 1.82) is 0 Å². The van der Waals surface area contributed by atoms with Crippen LogP contribution in [0.15, 0.2) is 48.7 Å². The van der Waals surface area contributed by atoms with Crippen LogP contribution in [-0.4, -0.2) is 29.6 Å². The van der Waals surface area contributed by atoms with Crippen molar-refractivity contribution in [2.45, 2.75) is 12.3 Å². The Morgan fingerprint density at radius 3 is 2.43 bits per heavy atom. The van der Waals surface area contributed by atoms with E-state index in [1.54, 1.807) is 6.07 Å². The van der Waals surface area contributed by atoms with Gasteiger partial charge in [0, 0.05) is 13.2 Å². The highest BCUT2D eigenvalue weighted by Crippen LogP contribution is 2.23. The summed E-state index contributed by atoms with van der Waals surface area (Å²) >= 11 is 0. The van der Waals surface area contributed by atoms with E-state index in [-0.39, 0.29) is 17.7 Å². The number of pyridine rings is 1. The normalized spacial score (nSPS) is 11.5. The summed E-state index contributed by atoms with van der Waals surface area (Å²) in [5.41, 5.74) is 6.58. The molecule has 1 aromatic carbocycles. The van der Waals surface area contributed by atoms with E-state index in [1.165, 1.54) is 19.3 Å². The molecule has 23 heavy (non-hydrogen) atoms. The van der Waals surface area contributed by atoms with Crippen LogP contribution in [0.2, 0.25) is 0 Å². The van der Waals surface area contributed by atoms with E-state index in [0.717, 1.165) is 5.56 Å². The van der Waals surface area contributed by atoms with E-state index < -0.39 is 23.5 Å². The van der Waals surface area contributed by atoms with E-state index in [9.17, 15) is 14.4 Å². The highest BCUT2D eigenvalue weighted by Gasteiger charge is 2.30. The van der Waals surface area contributed by atoms with Crippen molar-refractivity contribution in [3.8, 4) is 0 Å². The molecule has 2 rings (SSSR count). The van der Waals surface area contributed by atoms with Gasteiger partial charge in [-0.15, -0.1) is 0 Å². The third-order valence-electron chi connectivity index (χ3n) is 3.48. The van der Waals surface area contributed by atoms with Gasteiger partial charge in [0.05, 0.1) is 17.2 Å². The molecule has 1 atom stereocenters. The summed E-state index contributed by atoms with van der Waals surface area (Å²) in [6.45, 7) is 0. The van der Waals surface area contributed by atoms with Crippen LogP contribution in [0.4, 0.5) is 0 Å². The van der Waals surface area contributed by atoms with Crippen molar-refractivity contribution in [3.63, 3.8) is 0 Å². The highest BCUT2D eigenvalue weighted by molar-refractivity contribution is 6.38. The Balaban J connectivity index is 2.47. The molecule has 1 unspecified atom stereocenters. The molecule has 0 radical (unpaired) electrons. The van der Waals surface area contributed by atoms with Crippen molar-refractivity contribution < 1.29 is 14.4 Å². The zero-order valence-electron chi connectivity index (χ0n) is 12.7. The van der Waals surface area contributed by atoms with Gasteiger partial charge in [0.1, 0.15) is 0 Å². The molecular formula is C17H17N3O3. The van der Waals surface area contributed by atoms with Gasteiger partial charge >= 0.3 is 0 Å². The van der Waals surface area contributed by atoms with E-state index in [0.29, 0.717) is 0 Å². The number of nitrogens with two attached hydrogens (primary N) is 1. The number of carbonyl (C=O) groups is 3. The quantitative estimate of drug-likeness (QED) is 0.771. The molecule has 6 heteroatoms. The second-order valence-electron chi connectivity index (χ2n) is 4.99. The summed E-state index contributed by atoms with van der Waals surface area (Å²) in [4.78, 5) is 40.0. The minimum absolute atomic E-state index is 0.144. The number of hydrogen-bond donors (Lipinski definition) is 2. The number of nitrogens with one attached hydrogen (secondary N) is 1. The van der Waals surface area contributed by atoms with E-state index in [1.807, 2.05) is 30.3 Å². The molecule has 1 heterocycles. The Bertz CT molecular complexity index is 729. The number of amides is 2. The third-order valence-corrected chi connectivity index (χ3v) is 3.48. The molecule has 0 spiro atoms. The van der Waals surface area contributed by atoms with E-state index >= 15 is 0 Å². The van der Waals surface area contributed by atoms with Crippen molar-refractivity contribution >= 4 is 17.6 Å². The number of benzene rings is 1. The first-order valence-electron chi connectivity index (χ1n) is 7.09. The van der Waals surface area contributed by atoms with Crippen LogP contribution in [0.3, 0.4) is 0 Å². The fraction of sp³-hybridized carbons (Fsp3) is 0.176. The zero-order valence-corrected chi connectivity index (χ0v) is 12.7. The Hall–Kier alpha value is -3.02. The highest BCUT2D eigenvalue weighted by atomic mass is 16.2. The summed E-state index contributed by atoms with van der Waals surface area (Å²) in [6.07, 6.45) is 1.72. The van der Waals surface area contributed by atoms with Crippen molar-refractivity contribution in [2.75, 3.05) is 7.05 Å². The van der Waals surface area contributed by atoms with Crippen LogP contribution < -0.4 is 11.1 Å². The lowest BCUT2D eigenvalue weighted by Crippen LogP contribution is -2.34. The number of Topliss-reactive ketones (excluding diaryl/α,β-unsaturated/α-hetero) is 1. The van der Waals surface area contributed by atoms with Crippen LogP contribution >= 0.6 is 0 Å². The molecule has 3 N–H and O–H groups in total. The first-order valence-corrected chi connectivity index (χ1v) is 7.09. The van der Waals surface area contributed by atoms with E-state index in [4.69, 9.17) is 5.73 Å². The third kappa shape index (κ3) is 3.79. The van der Waals surface area contributed by atoms with Crippen LogP contribution in [0.5, 0.6) is 0 Å². The molecule has 0 aliphatic carbocycles. The molecular weight excluding hydrogens is 294 g/mol. The SMILES string of the molecule is CNC(=O)C(=O)C(Cc1ccccc1)c1ncccc1C(N)=O. The van der Waals surface area contributed by atoms with Crippen molar-refractivity contribution in [2.24, 2.45) is 5.73 Å². The van der Waals surface area contributed by atoms with Crippen LogP contribution in [0.25, 0.3) is 0 Å². The summed E-state index contributed by atoms with van der Waals surface area (Å²) < 4.78 is 0. The summed E-state index contributed by atoms with van der Waals surface area (Å²) in [5, 5.41) is 2.32. The minimum atomic E-state index is -0.874. The monoisotopic (exact) mass is 311 g/mol. The lowest BCUT2D eigenvalue weighted by Gasteiger charge is -2.17. The molecule has 6 nitrogen and oxygen atoms in total. The van der Waals surface area contributed by atoms with Gasteiger partial charge in [-0.1, -0.05) is 30.3 Å². The summed E-state index contributed by atoms with van der Waals surface area (Å²) in [7, 11) is 1.38. The minimum Gasteiger partial charge on any atom is -0.366 e. The van der Waals surface area contributed by atoms with Gasteiger partial charge in [0.2, 0.25) is 5.78 Å². The number of primary amides is 1. The zero-order chi connectivity index (χ0) is 16.8. The molecule has 0 aliphatic heterocycles. The first-order chi connectivity index (χ1) is 11.0.